The Balaban J connectivity index is 1.42. The first kappa shape index (κ1) is 22.8. The molecule has 1 fully saturated rings. The average Bonchev–Trinajstić information content (AvgIpc) is 3.00. The highest BCUT2D eigenvalue weighted by molar-refractivity contribution is 5.96. The van der Waals surface area contributed by atoms with Gasteiger partial charge >= 0.3 is 0 Å². The summed E-state index contributed by atoms with van der Waals surface area (Å²) in [6, 6.07) is 15.2. The Morgan fingerprint density at radius 3 is 2.52 bits per heavy atom. The lowest BCUT2D eigenvalue weighted by molar-refractivity contribution is -0.131. The van der Waals surface area contributed by atoms with Crippen LogP contribution in [0.2, 0.25) is 0 Å². The molecule has 7 heteroatoms. The van der Waals surface area contributed by atoms with Crippen molar-refractivity contribution in [3.05, 3.63) is 59.9 Å². The van der Waals surface area contributed by atoms with Gasteiger partial charge < -0.3 is 19.5 Å². The highest BCUT2D eigenvalue weighted by atomic mass is 16.5. The maximum atomic E-state index is 12.8. The molecule has 4 rings (SSSR count). The van der Waals surface area contributed by atoms with E-state index in [1.54, 1.807) is 19.2 Å². The second kappa shape index (κ2) is 11.0. The molecule has 0 unspecified atom stereocenters. The summed E-state index contributed by atoms with van der Waals surface area (Å²) >= 11 is 0. The third kappa shape index (κ3) is 5.53. The lowest BCUT2D eigenvalue weighted by Crippen LogP contribution is -2.32. The molecule has 1 saturated heterocycles. The number of aryl methyl sites for hydroxylation is 1. The van der Waals surface area contributed by atoms with Crippen molar-refractivity contribution in [2.24, 2.45) is 0 Å². The zero-order valence-electron chi connectivity index (χ0n) is 19.3. The molecular formula is C26H32N4O3. The Morgan fingerprint density at radius 1 is 1.00 bits per heavy atom. The minimum absolute atomic E-state index is 0.175. The van der Waals surface area contributed by atoms with Crippen LogP contribution >= 0.6 is 0 Å². The molecule has 1 aromatic heterocycles. The summed E-state index contributed by atoms with van der Waals surface area (Å²) in [5.74, 6) is 1.46. The molecule has 2 aromatic carbocycles. The SMILES string of the molecule is COc1ccccc1C(=O)NCCc1nc2ccccc2n1CCC(=O)N1CCCCCC1. The normalized spacial score (nSPS) is 14.2. The number of benzene rings is 2. The minimum Gasteiger partial charge on any atom is -0.496 e. The summed E-state index contributed by atoms with van der Waals surface area (Å²) in [5.41, 5.74) is 2.44. The number of aromatic nitrogens is 2. The van der Waals surface area contributed by atoms with Crippen molar-refractivity contribution in [3.8, 4) is 5.75 Å². The summed E-state index contributed by atoms with van der Waals surface area (Å²) in [5, 5.41) is 2.97. The predicted molar refractivity (Wildman–Crippen MR) is 128 cm³/mol. The second-order valence-electron chi connectivity index (χ2n) is 8.42. The van der Waals surface area contributed by atoms with Gasteiger partial charge in [-0.3, -0.25) is 9.59 Å². The van der Waals surface area contributed by atoms with Crippen LogP contribution in [0.25, 0.3) is 11.0 Å². The van der Waals surface area contributed by atoms with E-state index in [1.165, 1.54) is 12.8 Å². The lowest BCUT2D eigenvalue weighted by Gasteiger charge is -2.20. The molecule has 1 aliphatic heterocycles. The van der Waals surface area contributed by atoms with Crippen molar-refractivity contribution < 1.29 is 14.3 Å². The van der Waals surface area contributed by atoms with E-state index in [-0.39, 0.29) is 11.8 Å². The Kier molecular flexibility index (Phi) is 7.60. The van der Waals surface area contributed by atoms with Gasteiger partial charge in [0.25, 0.3) is 5.91 Å². The molecule has 2 heterocycles. The fourth-order valence-corrected chi connectivity index (χ4v) is 4.47. The number of imidazole rings is 1. The second-order valence-corrected chi connectivity index (χ2v) is 8.42. The number of likely N-dealkylation sites (tertiary alicyclic amines) is 1. The maximum Gasteiger partial charge on any atom is 0.255 e. The molecule has 0 aliphatic carbocycles. The van der Waals surface area contributed by atoms with Gasteiger partial charge in [-0.1, -0.05) is 37.1 Å². The lowest BCUT2D eigenvalue weighted by atomic mass is 10.2. The number of carbonyl (C=O) groups excluding carboxylic acids is 2. The van der Waals surface area contributed by atoms with Crippen LogP contribution in [-0.4, -0.2) is 53.0 Å². The number of nitrogens with zero attached hydrogens (tertiary/aromatic N) is 3. The quantitative estimate of drug-likeness (QED) is 0.569. The molecule has 2 amide bonds. The molecule has 174 valence electrons. The summed E-state index contributed by atoms with van der Waals surface area (Å²) in [4.78, 5) is 32.3. The maximum absolute atomic E-state index is 12.8. The van der Waals surface area contributed by atoms with Gasteiger partial charge in [-0.2, -0.15) is 0 Å². The van der Waals surface area contributed by atoms with Gasteiger partial charge in [0.05, 0.1) is 23.7 Å². The van der Waals surface area contributed by atoms with Crippen LogP contribution in [0.15, 0.2) is 48.5 Å². The van der Waals surface area contributed by atoms with Gasteiger partial charge in [0.1, 0.15) is 11.6 Å². The third-order valence-corrected chi connectivity index (χ3v) is 6.23. The standard InChI is InChI=1S/C26H32N4O3/c1-33-23-13-7-4-10-20(23)26(32)27-16-14-24-28-21-11-5-6-12-22(21)30(24)19-15-25(31)29-17-8-2-3-9-18-29/h4-7,10-13H,2-3,8-9,14-19H2,1H3,(H,27,32). The van der Waals surface area contributed by atoms with Crippen molar-refractivity contribution in [2.75, 3.05) is 26.7 Å². The number of hydrogen-bond acceptors (Lipinski definition) is 4. The van der Waals surface area contributed by atoms with E-state index in [1.807, 2.05) is 41.3 Å². The van der Waals surface area contributed by atoms with Crippen LogP contribution in [0.5, 0.6) is 5.75 Å². The van der Waals surface area contributed by atoms with Crippen molar-refractivity contribution >= 4 is 22.8 Å². The van der Waals surface area contributed by atoms with Gasteiger partial charge in [-0.05, 0) is 37.1 Å². The summed E-state index contributed by atoms with van der Waals surface area (Å²) in [6.45, 7) is 2.77. The average molecular weight is 449 g/mol. The molecule has 0 spiro atoms. The van der Waals surface area contributed by atoms with Crippen LogP contribution < -0.4 is 10.1 Å². The molecule has 1 aliphatic rings. The first-order valence-electron chi connectivity index (χ1n) is 11.8. The van der Waals surface area contributed by atoms with E-state index in [4.69, 9.17) is 9.72 Å². The molecular weight excluding hydrogens is 416 g/mol. The van der Waals surface area contributed by atoms with Gasteiger partial charge in [-0.15, -0.1) is 0 Å². The first-order chi connectivity index (χ1) is 16.2. The number of amides is 2. The highest BCUT2D eigenvalue weighted by Gasteiger charge is 2.18. The molecule has 0 saturated carbocycles. The highest BCUT2D eigenvalue weighted by Crippen LogP contribution is 2.19. The van der Waals surface area contributed by atoms with E-state index in [0.717, 1.165) is 42.8 Å². The van der Waals surface area contributed by atoms with Crippen LogP contribution in [-0.2, 0) is 17.8 Å². The Labute approximate surface area is 194 Å². The van der Waals surface area contributed by atoms with Crippen molar-refractivity contribution in [1.82, 2.24) is 19.8 Å². The van der Waals surface area contributed by atoms with Gasteiger partial charge in [0.15, 0.2) is 0 Å². The topological polar surface area (TPSA) is 76.5 Å². The fourth-order valence-electron chi connectivity index (χ4n) is 4.47. The monoisotopic (exact) mass is 448 g/mol. The number of fused-ring (bicyclic) bond motifs is 1. The van der Waals surface area contributed by atoms with Gasteiger partial charge in [-0.25, -0.2) is 4.98 Å². The fraction of sp³-hybridized carbons (Fsp3) is 0.423. The largest absolute Gasteiger partial charge is 0.496 e. The van der Waals surface area contributed by atoms with Crippen LogP contribution in [0, 0.1) is 0 Å². The summed E-state index contributed by atoms with van der Waals surface area (Å²) in [6.07, 6.45) is 5.64. The first-order valence-corrected chi connectivity index (χ1v) is 11.8. The number of rotatable bonds is 8. The summed E-state index contributed by atoms with van der Waals surface area (Å²) in [7, 11) is 1.56. The molecule has 0 atom stereocenters. The number of carbonyl (C=O) groups is 2. The number of nitrogens with one attached hydrogen (secondary N) is 1. The molecule has 0 bridgehead atoms. The number of hydrogen-bond donors (Lipinski definition) is 1. The van der Waals surface area contributed by atoms with Crippen molar-refractivity contribution in [3.63, 3.8) is 0 Å². The third-order valence-electron chi connectivity index (χ3n) is 6.23. The van der Waals surface area contributed by atoms with Crippen molar-refractivity contribution in [1.29, 1.82) is 0 Å². The Morgan fingerprint density at radius 2 is 1.73 bits per heavy atom. The van der Waals surface area contributed by atoms with E-state index in [9.17, 15) is 9.59 Å². The number of methoxy groups -OCH3 is 1. The zero-order chi connectivity index (χ0) is 23.0. The van der Waals surface area contributed by atoms with Gasteiger partial charge in [0.2, 0.25) is 5.91 Å². The van der Waals surface area contributed by atoms with Crippen LogP contribution in [0.1, 0.15) is 48.3 Å². The van der Waals surface area contributed by atoms with Crippen molar-refractivity contribution in [2.45, 2.75) is 45.1 Å². The molecule has 3 aromatic rings. The van der Waals surface area contributed by atoms with Crippen LogP contribution in [0.3, 0.4) is 0 Å². The molecule has 7 nitrogen and oxygen atoms in total. The number of ether oxygens (including phenoxy) is 1. The molecule has 0 radical (unpaired) electrons. The minimum atomic E-state index is -0.175. The molecule has 33 heavy (non-hydrogen) atoms. The Bertz CT molecular complexity index is 1100. The smallest absolute Gasteiger partial charge is 0.255 e. The zero-order valence-corrected chi connectivity index (χ0v) is 19.3. The van der Waals surface area contributed by atoms with Gasteiger partial charge in [0, 0.05) is 39.0 Å². The van der Waals surface area contributed by atoms with E-state index in [2.05, 4.69) is 9.88 Å². The number of para-hydroxylation sites is 3. The van der Waals surface area contributed by atoms with E-state index >= 15 is 0 Å². The van der Waals surface area contributed by atoms with E-state index < -0.39 is 0 Å². The van der Waals surface area contributed by atoms with Crippen LogP contribution in [0.4, 0.5) is 0 Å². The Hall–Kier alpha value is -3.35. The molecule has 1 N–H and O–H groups in total. The van der Waals surface area contributed by atoms with E-state index in [0.29, 0.717) is 37.2 Å². The summed E-state index contributed by atoms with van der Waals surface area (Å²) < 4.78 is 7.41. The predicted octanol–water partition coefficient (Wildman–Crippen LogP) is 3.81.